The van der Waals surface area contributed by atoms with Crippen molar-refractivity contribution in [2.45, 2.75) is 24.2 Å². The molecule has 21 heavy (non-hydrogen) atoms. The number of carbonyl (C=O) groups is 1. The number of halogens is 2. The van der Waals surface area contributed by atoms with Gasteiger partial charge in [-0.25, -0.2) is 4.39 Å². The lowest BCUT2D eigenvalue weighted by molar-refractivity contribution is -0.133. The van der Waals surface area contributed by atoms with Crippen LogP contribution in [0.2, 0.25) is 5.02 Å². The van der Waals surface area contributed by atoms with Crippen LogP contribution in [0.5, 0.6) is 0 Å². The molecular formula is C15H17ClFNO2S. The fraction of sp³-hybridized carbons (Fsp3) is 0.533. The van der Waals surface area contributed by atoms with Gasteiger partial charge >= 0.3 is 0 Å². The standard InChI is InChI=1S/C15H17ClFNO2S/c16-12-2-1-3-13(17)11(12)10-14(19)18-6-4-15(5-7-18)20-8-9-21-15/h1-3H,4-10H2. The molecule has 2 aliphatic rings. The number of hydrogen-bond acceptors (Lipinski definition) is 3. The molecule has 3 rings (SSSR count). The summed E-state index contributed by atoms with van der Waals surface area (Å²) in [6, 6.07) is 4.50. The van der Waals surface area contributed by atoms with E-state index in [9.17, 15) is 9.18 Å². The average Bonchev–Trinajstić information content (AvgIpc) is 2.92. The van der Waals surface area contributed by atoms with Crippen molar-refractivity contribution < 1.29 is 13.9 Å². The van der Waals surface area contributed by atoms with Gasteiger partial charge in [-0.2, -0.15) is 0 Å². The number of carbonyl (C=O) groups excluding carboxylic acids is 1. The minimum absolute atomic E-state index is 0.0203. The molecule has 0 radical (unpaired) electrons. The first-order valence-electron chi connectivity index (χ1n) is 7.08. The molecule has 0 aliphatic carbocycles. The van der Waals surface area contributed by atoms with Crippen molar-refractivity contribution in [3.63, 3.8) is 0 Å². The van der Waals surface area contributed by atoms with E-state index in [4.69, 9.17) is 16.3 Å². The highest BCUT2D eigenvalue weighted by atomic mass is 35.5. The Bertz CT molecular complexity index is 518. The molecule has 2 heterocycles. The van der Waals surface area contributed by atoms with Gasteiger partial charge in [0.15, 0.2) is 0 Å². The van der Waals surface area contributed by atoms with E-state index in [1.54, 1.807) is 17.0 Å². The maximum absolute atomic E-state index is 13.7. The van der Waals surface area contributed by atoms with Gasteiger partial charge < -0.3 is 9.64 Å². The lowest BCUT2D eigenvalue weighted by atomic mass is 10.0. The van der Waals surface area contributed by atoms with Crippen molar-refractivity contribution in [1.82, 2.24) is 4.90 Å². The molecule has 3 nitrogen and oxygen atoms in total. The van der Waals surface area contributed by atoms with E-state index in [-0.39, 0.29) is 22.8 Å². The Balaban J connectivity index is 1.62. The summed E-state index contributed by atoms with van der Waals surface area (Å²) in [5, 5.41) is 0.312. The summed E-state index contributed by atoms with van der Waals surface area (Å²) < 4.78 is 19.5. The van der Waals surface area contributed by atoms with E-state index in [0.717, 1.165) is 25.2 Å². The zero-order valence-electron chi connectivity index (χ0n) is 11.6. The molecule has 0 N–H and O–H groups in total. The smallest absolute Gasteiger partial charge is 0.227 e. The molecular weight excluding hydrogens is 313 g/mol. The second-order valence-corrected chi connectivity index (χ2v) is 7.21. The van der Waals surface area contributed by atoms with Crippen molar-refractivity contribution in [3.05, 3.63) is 34.6 Å². The van der Waals surface area contributed by atoms with Crippen LogP contribution in [0.3, 0.4) is 0 Å². The Kier molecular flexibility index (Phi) is 4.43. The van der Waals surface area contributed by atoms with Gasteiger partial charge in [-0.15, -0.1) is 11.8 Å². The quantitative estimate of drug-likeness (QED) is 0.835. The molecule has 1 amide bonds. The lowest BCUT2D eigenvalue weighted by Gasteiger charge is -2.38. The van der Waals surface area contributed by atoms with E-state index in [0.29, 0.717) is 18.1 Å². The predicted molar refractivity (Wildman–Crippen MR) is 82.1 cm³/mol. The number of nitrogens with zero attached hydrogens (tertiary/aromatic N) is 1. The van der Waals surface area contributed by atoms with Crippen LogP contribution in [-0.4, -0.2) is 41.2 Å². The van der Waals surface area contributed by atoms with Crippen molar-refractivity contribution >= 4 is 29.3 Å². The molecule has 2 saturated heterocycles. The second kappa shape index (κ2) is 6.15. The normalized spacial score (nSPS) is 21.0. The lowest BCUT2D eigenvalue weighted by Crippen LogP contribution is -2.45. The van der Waals surface area contributed by atoms with Crippen LogP contribution in [0.15, 0.2) is 18.2 Å². The monoisotopic (exact) mass is 329 g/mol. The molecule has 2 aliphatic heterocycles. The summed E-state index contributed by atoms with van der Waals surface area (Å²) in [7, 11) is 0. The Morgan fingerprint density at radius 3 is 2.81 bits per heavy atom. The van der Waals surface area contributed by atoms with Gasteiger partial charge in [0.2, 0.25) is 5.91 Å². The van der Waals surface area contributed by atoms with Crippen LogP contribution >= 0.6 is 23.4 Å². The fourth-order valence-electron chi connectivity index (χ4n) is 2.85. The van der Waals surface area contributed by atoms with E-state index in [1.807, 2.05) is 11.8 Å². The van der Waals surface area contributed by atoms with Crippen LogP contribution in [0, 0.1) is 5.82 Å². The number of likely N-dealkylation sites (tertiary alicyclic amines) is 1. The largest absolute Gasteiger partial charge is 0.363 e. The van der Waals surface area contributed by atoms with Gasteiger partial charge in [0.1, 0.15) is 10.8 Å². The summed E-state index contributed by atoms with van der Waals surface area (Å²) >= 11 is 7.82. The Morgan fingerprint density at radius 1 is 1.43 bits per heavy atom. The van der Waals surface area contributed by atoms with Gasteiger partial charge in [-0.3, -0.25) is 4.79 Å². The number of ether oxygens (including phenoxy) is 1. The SMILES string of the molecule is O=C(Cc1c(F)cccc1Cl)N1CCC2(CC1)OCCS2. The summed E-state index contributed by atoms with van der Waals surface area (Å²) in [4.78, 5) is 14.0. The highest BCUT2D eigenvalue weighted by Crippen LogP contribution is 2.41. The Labute approximate surface area is 132 Å². The maximum Gasteiger partial charge on any atom is 0.227 e. The van der Waals surface area contributed by atoms with E-state index < -0.39 is 5.82 Å². The zero-order chi connectivity index (χ0) is 14.9. The number of benzene rings is 1. The molecule has 1 spiro atoms. The highest BCUT2D eigenvalue weighted by Gasteiger charge is 2.40. The predicted octanol–water partition coefficient (Wildman–Crippen LogP) is 3.10. The molecule has 6 heteroatoms. The number of hydrogen-bond donors (Lipinski definition) is 0. The summed E-state index contributed by atoms with van der Waals surface area (Å²) in [5.41, 5.74) is 0.288. The molecule has 0 atom stereocenters. The van der Waals surface area contributed by atoms with Crippen LogP contribution in [0.4, 0.5) is 4.39 Å². The van der Waals surface area contributed by atoms with Crippen LogP contribution in [-0.2, 0) is 16.0 Å². The van der Waals surface area contributed by atoms with E-state index in [2.05, 4.69) is 0 Å². The van der Waals surface area contributed by atoms with Gasteiger partial charge in [-0.05, 0) is 12.1 Å². The maximum atomic E-state index is 13.7. The van der Waals surface area contributed by atoms with Gasteiger partial charge in [0, 0.05) is 42.3 Å². The summed E-state index contributed by atoms with van der Waals surface area (Å²) in [5.74, 6) is 0.539. The molecule has 1 aromatic carbocycles. The second-order valence-electron chi connectivity index (χ2n) is 5.37. The van der Waals surface area contributed by atoms with Crippen molar-refractivity contribution in [2.24, 2.45) is 0 Å². The molecule has 0 aromatic heterocycles. The van der Waals surface area contributed by atoms with Crippen LogP contribution < -0.4 is 0 Å². The topological polar surface area (TPSA) is 29.5 Å². The molecule has 2 fully saturated rings. The fourth-order valence-corrected chi connectivity index (χ4v) is 4.25. The van der Waals surface area contributed by atoms with Gasteiger partial charge in [0.25, 0.3) is 0 Å². The van der Waals surface area contributed by atoms with Crippen LogP contribution in [0.1, 0.15) is 18.4 Å². The first-order valence-corrected chi connectivity index (χ1v) is 8.45. The Morgan fingerprint density at radius 2 is 2.19 bits per heavy atom. The summed E-state index contributed by atoms with van der Waals surface area (Å²) in [6.45, 7) is 2.12. The summed E-state index contributed by atoms with van der Waals surface area (Å²) in [6.07, 6.45) is 1.70. The van der Waals surface area contributed by atoms with Crippen molar-refractivity contribution in [1.29, 1.82) is 0 Å². The first kappa shape index (κ1) is 15.1. The average molecular weight is 330 g/mol. The molecule has 0 bridgehead atoms. The third-order valence-electron chi connectivity index (χ3n) is 4.08. The van der Waals surface area contributed by atoms with Crippen molar-refractivity contribution in [2.75, 3.05) is 25.4 Å². The molecule has 0 unspecified atom stereocenters. The highest BCUT2D eigenvalue weighted by molar-refractivity contribution is 8.00. The zero-order valence-corrected chi connectivity index (χ0v) is 13.2. The van der Waals surface area contributed by atoms with Crippen LogP contribution in [0.25, 0.3) is 0 Å². The minimum Gasteiger partial charge on any atom is -0.363 e. The molecule has 114 valence electrons. The number of piperidine rings is 1. The third-order valence-corrected chi connectivity index (χ3v) is 5.86. The van der Waals surface area contributed by atoms with E-state index in [1.165, 1.54) is 6.07 Å². The van der Waals surface area contributed by atoms with Gasteiger partial charge in [0.05, 0.1) is 13.0 Å². The molecule has 0 saturated carbocycles. The van der Waals surface area contributed by atoms with Gasteiger partial charge in [-0.1, -0.05) is 17.7 Å². The number of amides is 1. The Hall–Kier alpha value is -0.780. The number of rotatable bonds is 2. The van der Waals surface area contributed by atoms with E-state index >= 15 is 0 Å². The molecule has 1 aromatic rings. The minimum atomic E-state index is -0.418. The first-order chi connectivity index (χ1) is 10.1. The third kappa shape index (κ3) is 3.20. The number of thioether (sulfide) groups is 1. The van der Waals surface area contributed by atoms with Crippen molar-refractivity contribution in [3.8, 4) is 0 Å².